The van der Waals surface area contributed by atoms with E-state index < -0.39 is 0 Å². The fourth-order valence-electron chi connectivity index (χ4n) is 2.35. The number of nitrogens with one attached hydrogen (secondary N) is 1. The van der Waals surface area contributed by atoms with Gasteiger partial charge in [-0.05, 0) is 50.9 Å². The van der Waals surface area contributed by atoms with Crippen LogP contribution in [-0.2, 0) is 0 Å². The number of nitrogens with zero attached hydrogens (tertiary/aromatic N) is 1. The van der Waals surface area contributed by atoms with Gasteiger partial charge in [0.2, 0.25) is 0 Å². The van der Waals surface area contributed by atoms with Gasteiger partial charge in [-0.25, -0.2) is 0 Å². The van der Waals surface area contributed by atoms with E-state index in [-0.39, 0.29) is 0 Å². The lowest BCUT2D eigenvalue weighted by Gasteiger charge is -2.32. The molecule has 1 fully saturated rings. The molecule has 0 saturated carbocycles. The molecule has 0 bridgehead atoms. The number of hydrogen-bond donors (Lipinski definition) is 2. The van der Waals surface area contributed by atoms with Gasteiger partial charge in [0.25, 0.3) is 0 Å². The molecule has 0 amide bonds. The monoisotopic (exact) mass is 213 g/mol. The molecule has 0 aromatic heterocycles. The Balaban J connectivity index is 2.25. The van der Waals surface area contributed by atoms with Gasteiger partial charge in [-0.1, -0.05) is 13.8 Å². The van der Waals surface area contributed by atoms with E-state index in [1.54, 1.807) is 0 Å². The molecule has 1 unspecified atom stereocenters. The highest BCUT2D eigenvalue weighted by Gasteiger charge is 2.33. The van der Waals surface area contributed by atoms with Gasteiger partial charge in [0.1, 0.15) is 0 Å². The van der Waals surface area contributed by atoms with Crippen LogP contribution in [0.15, 0.2) is 0 Å². The van der Waals surface area contributed by atoms with Crippen molar-refractivity contribution in [2.45, 2.75) is 26.7 Å². The van der Waals surface area contributed by atoms with Crippen LogP contribution in [0.2, 0.25) is 0 Å². The van der Waals surface area contributed by atoms with Crippen molar-refractivity contribution in [2.75, 3.05) is 39.8 Å². The molecule has 0 aliphatic carbocycles. The predicted octanol–water partition coefficient (Wildman–Crippen LogP) is 0.903. The normalized spacial score (nSPS) is 23.6. The lowest BCUT2D eigenvalue weighted by molar-refractivity contribution is 0.207. The summed E-state index contributed by atoms with van der Waals surface area (Å²) in [7, 11) is 2.22. The molecule has 15 heavy (non-hydrogen) atoms. The predicted molar refractivity (Wildman–Crippen MR) is 65.9 cm³/mol. The zero-order valence-corrected chi connectivity index (χ0v) is 10.6. The van der Waals surface area contributed by atoms with Gasteiger partial charge in [-0.3, -0.25) is 0 Å². The molecule has 1 rings (SSSR count). The van der Waals surface area contributed by atoms with Crippen LogP contribution in [0.3, 0.4) is 0 Å². The van der Waals surface area contributed by atoms with Gasteiger partial charge in [-0.15, -0.1) is 0 Å². The summed E-state index contributed by atoms with van der Waals surface area (Å²) in [6.07, 6.45) is 2.43. The van der Waals surface area contributed by atoms with E-state index in [0.29, 0.717) is 5.41 Å². The molecule has 0 radical (unpaired) electrons. The Morgan fingerprint density at radius 1 is 1.47 bits per heavy atom. The van der Waals surface area contributed by atoms with Crippen molar-refractivity contribution in [2.24, 2.45) is 17.1 Å². The minimum atomic E-state index is 0.416. The zero-order chi connectivity index (χ0) is 11.3. The molecule has 3 N–H and O–H groups in total. The van der Waals surface area contributed by atoms with E-state index in [0.717, 1.165) is 32.0 Å². The van der Waals surface area contributed by atoms with Crippen molar-refractivity contribution < 1.29 is 0 Å². The molecule has 0 spiro atoms. The minimum Gasteiger partial charge on any atom is -0.330 e. The first-order chi connectivity index (χ1) is 7.06. The van der Waals surface area contributed by atoms with Crippen molar-refractivity contribution in [3.8, 4) is 0 Å². The van der Waals surface area contributed by atoms with Crippen molar-refractivity contribution in [3.63, 3.8) is 0 Å². The Labute approximate surface area is 94.4 Å². The molecular formula is C12H27N3. The van der Waals surface area contributed by atoms with Crippen molar-refractivity contribution >= 4 is 0 Å². The van der Waals surface area contributed by atoms with E-state index in [2.05, 4.69) is 31.1 Å². The molecule has 1 heterocycles. The molecule has 0 aromatic carbocycles. The van der Waals surface area contributed by atoms with Gasteiger partial charge in [0, 0.05) is 13.1 Å². The van der Waals surface area contributed by atoms with Crippen LogP contribution >= 0.6 is 0 Å². The van der Waals surface area contributed by atoms with E-state index in [1.165, 1.54) is 19.5 Å². The molecule has 1 aliphatic rings. The first-order valence-electron chi connectivity index (χ1n) is 6.15. The Bertz CT molecular complexity index is 180. The maximum absolute atomic E-state index is 5.47. The number of hydrogen-bond acceptors (Lipinski definition) is 3. The number of nitrogens with two attached hydrogens (primary N) is 1. The van der Waals surface area contributed by atoms with Gasteiger partial charge >= 0.3 is 0 Å². The molecule has 3 nitrogen and oxygen atoms in total. The zero-order valence-electron chi connectivity index (χ0n) is 10.6. The fourth-order valence-corrected chi connectivity index (χ4v) is 2.35. The highest BCUT2D eigenvalue weighted by Crippen LogP contribution is 2.32. The summed E-state index contributed by atoms with van der Waals surface area (Å²) in [5.74, 6) is 0.841. The van der Waals surface area contributed by atoms with Crippen LogP contribution in [0.4, 0.5) is 0 Å². The smallest absolute Gasteiger partial charge is 0.00127 e. The summed E-state index contributed by atoms with van der Waals surface area (Å²) in [6, 6.07) is 0. The SMILES string of the molecule is CN1CCC(C(C)(C)CNCCCN)C1. The molecule has 90 valence electrons. The average molecular weight is 213 g/mol. The van der Waals surface area contributed by atoms with Crippen LogP contribution < -0.4 is 11.1 Å². The summed E-state index contributed by atoms with van der Waals surface area (Å²) in [5.41, 5.74) is 5.89. The molecule has 1 atom stereocenters. The first kappa shape index (κ1) is 12.9. The standard InChI is InChI=1S/C12H27N3/c1-12(2,10-14-7-4-6-13)11-5-8-15(3)9-11/h11,14H,4-10,13H2,1-3H3. The van der Waals surface area contributed by atoms with Crippen LogP contribution in [-0.4, -0.2) is 44.7 Å². The topological polar surface area (TPSA) is 41.3 Å². The molecule has 3 heteroatoms. The molecule has 1 saturated heterocycles. The maximum Gasteiger partial charge on any atom is 0.00127 e. The van der Waals surface area contributed by atoms with Gasteiger partial charge in [-0.2, -0.15) is 0 Å². The average Bonchev–Trinajstić information content (AvgIpc) is 2.60. The maximum atomic E-state index is 5.47. The number of likely N-dealkylation sites (tertiary alicyclic amines) is 1. The second-order valence-corrected chi connectivity index (χ2v) is 5.56. The first-order valence-corrected chi connectivity index (χ1v) is 6.15. The lowest BCUT2D eigenvalue weighted by Crippen LogP contribution is -2.37. The van der Waals surface area contributed by atoms with Crippen LogP contribution in [0.5, 0.6) is 0 Å². The van der Waals surface area contributed by atoms with E-state index >= 15 is 0 Å². The highest BCUT2D eigenvalue weighted by molar-refractivity contribution is 4.86. The third kappa shape index (κ3) is 4.09. The quantitative estimate of drug-likeness (QED) is 0.644. The van der Waals surface area contributed by atoms with Gasteiger partial charge < -0.3 is 16.0 Å². The van der Waals surface area contributed by atoms with Crippen molar-refractivity contribution in [1.82, 2.24) is 10.2 Å². The Morgan fingerprint density at radius 3 is 2.73 bits per heavy atom. The second-order valence-electron chi connectivity index (χ2n) is 5.56. The Morgan fingerprint density at radius 2 is 2.20 bits per heavy atom. The molecule has 0 aromatic rings. The van der Waals surface area contributed by atoms with Crippen molar-refractivity contribution in [1.29, 1.82) is 0 Å². The summed E-state index contributed by atoms with van der Waals surface area (Å²) in [4.78, 5) is 2.44. The minimum absolute atomic E-state index is 0.416. The Hall–Kier alpha value is -0.120. The van der Waals surface area contributed by atoms with E-state index in [1.807, 2.05) is 0 Å². The van der Waals surface area contributed by atoms with Crippen LogP contribution in [0.1, 0.15) is 26.7 Å². The molecular weight excluding hydrogens is 186 g/mol. The summed E-state index contributed by atoms with van der Waals surface area (Å²) in [6.45, 7) is 10.2. The summed E-state index contributed by atoms with van der Waals surface area (Å²) < 4.78 is 0. The van der Waals surface area contributed by atoms with E-state index in [4.69, 9.17) is 5.73 Å². The second kappa shape index (κ2) is 5.83. The third-order valence-electron chi connectivity index (χ3n) is 3.63. The number of rotatable bonds is 6. The third-order valence-corrected chi connectivity index (χ3v) is 3.63. The van der Waals surface area contributed by atoms with Gasteiger partial charge in [0.05, 0.1) is 0 Å². The van der Waals surface area contributed by atoms with Crippen LogP contribution in [0.25, 0.3) is 0 Å². The van der Waals surface area contributed by atoms with Crippen molar-refractivity contribution in [3.05, 3.63) is 0 Å². The fraction of sp³-hybridized carbons (Fsp3) is 1.00. The van der Waals surface area contributed by atoms with Gasteiger partial charge in [0.15, 0.2) is 0 Å². The largest absolute Gasteiger partial charge is 0.330 e. The lowest BCUT2D eigenvalue weighted by atomic mass is 9.78. The van der Waals surface area contributed by atoms with E-state index in [9.17, 15) is 0 Å². The summed E-state index contributed by atoms with van der Waals surface area (Å²) >= 11 is 0. The molecule has 1 aliphatic heterocycles. The summed E-state index contributed by atoms with van der Waals surface area (Å²) in [5, 5.41) is 3.52. The Kier molecular flexibility index (Phi) is 5.03. The highest BCUT2D eigenvalue weighted by atomic mass is 15.1. The van der Waals surface area contributed by atoms with Crippen LogP contribution in [0, 0.1) is 11.3 Å².